The second-order valence-corrected chi connectivity index (χ2v) is 7.17. The summed E-state index contributed by atoms with van der Waals surface area (Å²) in [5.74, 6) is 0.384. The molecule has 1 fully saturated rings. The van der Waals surface area contributed by atoms with Crippen LogP contribution < -0.4 is 5.32 Å². The molecule has 1 amide bonds. The van der Waals surface area contributed by atoms with Crippen LogP contribution in [0.3, 0.4) is 0 Å². The fraction of sp³-hybridized carbons (Fsp3) is 0.174. The molecule has 1 saturated carbocycles. The van der Waals surface area contributed by atoms with Crippen LogP contribution in [0.4, 0.5) is 5.69 Å². The van der Waals surface area contributed by atoms with Gasteiger partial charge in [0.1, 0.15) is 0 Å². The Kier molecular flexibility index (Phi) is 3.64. The van der Waals surface area contributed by atoms with Crippen LogP contribution in [0, 0.1) is 6.92 Å². The van der Waals surface area contributed by atoms with Gasteiger partial charge in [0.2, 0.25) is 0 Å². The Morgan fingerprint density at radius 3 is 2.70 bits per heavy atom. The number of carbonyl (C=O) groups is 1. The second kappa shape index (κ2) is 6.16. The third kappa shape index (κ3) is 2.83. The number of hydrogen-bond donors (Lipinski definition) is 1. The van der Waals surface area contributed by atoms with Crippen LogP contribution in [0.2, 0.25) is 0 Å². The first-order valence-corrected chi connectivity index (χ1v) is 9.26. The maximum absolute atomic E-state index is 13.2. The minimum atomic E-state index is -0.107. The third-order valence-electron chi connectivity index (χ3n) is 5.20. The summed E-state index contributed by atoms with van der Waals surface area (Å²) in [5, 5.41) is 4.93. The molecule has 0 radical (unpaired) electrons. The van der Waals surface area contributed by atoms with Crippen LogP contribution in [0.1, 0.15) is 40.4 Å². The van der Waals surface area contributed by atoms with Crippen molar-refractivity contribution < 1.29 is 4.79 Å². The van der Waals surface area contributed by atoms with E-state index in [2.05, 4.69) is 10.3 Å². The lowest BCUT2D eigenvalue weighted by atomic mass is 10.0. The fourth-order valence-electron chi connectivity index (χ4n) is 3.58. The molecule has 4 nitrogen and oxygen atoms in total. The van der Waals surface area contributed by atoms with Gasteiger partial charge >= 0.3 is 0 Å². The van der Waals surface area contributed by atoms with E-state index >= 15 is 0 Å². The van der Waals surface area contributed by atoms with Crippen molar-refractivity contribution in [1.29, 1.82) is 0 Å². The highest BCUT2D eigenvalue weighted by Gasteiger charge is 2.27. The Hall–Kier alpha value is -3.27. The Bertz CT molecular complexity index is 1190. The molecule has 27 heavy (non-hydrogen) atoms. The summed E-state index contributed by atoms with van der Waals surface area (Å²) in [7, 11) is 0. The van der Waals surface area contributed by atoms with E-state index in [-0.39, 0.29) is 5.91 Å². The number of rotatable bonds is 3. The van der Waals surface area contributed by atoms with Crippen molar-refractivity contribution in [2.45, 2.75) is 25.7 Å². The topological polar surface area (TPSA) is 54.9 Å². The molecular weight excluding hydrogens is 334 g/mol. The molecule has 0 atom stereocenters. The molecule has 0 bridgehead atoms. The van der Waals surface area contributed by atoms with Gasteiger partial charge in [0.15, 0.2) is 0 Å². The average Bonchev–Trinajstić information content (AvgIpc) is 3.55. The number of nitrogens with one attached hydrogen (secondary N) is 1. The van der Waals surface area contributed by atoms with Gasteiger partial charge in [0.25, 0.3) is 5.91 Å². The van der Waals surface area contributed by atoms with Gasteiger partial charge in [0, 0.05) is 28.6 Å². The molecule has 2 heterocycles. The lowest BCUT2D eigenvalue weighted by molar-refractivity contribution is 0.102. The zero-order chi connectivity index (χ0) is 18.4. The van der Waals surface area contributed by atoms with E-state index in [9.17, 15) is 4.79 Å². The summed E-state index contributed by atoms with van der Waals surface area (Å²) in [6.07, 6.45) is 4.08. The number of para-hydroxylation sites is 1. The number of nitrogens with zero attached hydrogens (tertiary/aromatic N) is 2. The number of anilines is 1. The molecule has 1 aliphatic carbocycles. The van der Waals surface area contributed by atoms with E-state index < -0.39 is 0 Å². The molecule has 2 aromatic carbocycles. The summed E-state index contributed by atoms with van der Waals surface area (Å²) < 4.78 is 0. The first kappa shape index (κ1) is 15.9. The Balaban J connectivity index is 1.60. The molecular formula is C23H19N3O. The summed E-state index contributed by atoms with van der Waals surface area (Å²) in [4.78, 5) is 22.4. The first-order chi connectivity index (χ1) is 13.2. The van der Waals surface area contributed by atoms with Crippen LogP contribution in [0.5, 0.6) is 0 Å². The van der Waals surface area contributed by atoms with E-state index in [1.165, 1.54) is 0 Å². The Labute approximate surface area is 157 Å². The lowest BCUT2D eigenvalue weighted by Gasteiger charge is -2.12. The van der Waals surface area contributed by atoms with Crippen LogP contribution in [0.15, 0.2) is 60.8 Å². The van der Waals surface area contributed by atoms with Gasteiger partial charge in [-0.15, -0.1) is 0 Å². The highest BCUT2D eigenvalue weighted by Crippen LogP contribution is 2.40. The highest BCUT2D eigenvalue weighted by molar-refractivity contribution is 6.14. The maximum Gasteiger partial charge on any atom is 0.256 e. The number of aromatic nitrogens is 2. The van der Waals surface area contributed by atoms with E-state index in [1.807, 2.05) is 61.5 Å². The number of fused-ring (bicyclic) bond motifs is 2. The van der Waals surface area contributed by atoms with E-state index in [4.69, 9.17) is 4.98 Å². The zero-order valence-electron chi connectivity index (χ0n) is 15.1. The van der Waals surface area contributed by atoms with Gasteiger partial charge < -0.3 is 5.32 Å². The molecule has 0 aliphatic heterocycles. The van der Waals surface area contributed by atoms with Gasteiger partial charge in [-0.2, -0.15) is 0 Å². The number of amides is 1. The molecule has 5 rings (SSSR count). The predicted octanol–water partition coefficient (Wildman–Crippen LogP) is 5.22. The standard InChI is InChI=1S/C23H19N3O/c1-14-8-11-20(17-6-4-12-24-22(14)17)26-23(27)18-13-21(15-9-10-15)25-19-7-3-2-5-16(18)19/h2-8,11-13,15H,9-10H2,1H3,(H,26,27). The number of benzene rings is 2. The Morgan fingerprint density at radius 2 is 1.85 bits per heavy atom. The molecule has 0 spiro atoms. The number of carbonyl (C=O) groups excluding carboxylic acids is 1. The normalized spacial score (nSPS) is 13.8. The van der Waals surface area contributed by atoms with Crippen molar-refractivity contribution in [2.24, 2.45) is 0 Å². The lowest BCUT2D eigenvalue weighted by Crippen LogP contribution is -2.14. The Morgan fingerprint density at radius 1 is 1.04 bits per heavy atom. The van der Waals surface area contributed by atoms with E-state index in [1.54, 1.807) is 6.20 Å². The summed E-state index contributed by atoms with van der Waals surface area (Å²) >= 11 is 0. The minimum Gasteiger partial charge on any atom is -0.321 e. The summed E-state index contributed by atoms with van der Waals surface area (Å²) in [5.41, 5.74) is 5.36. The predicted molar refractivity (Wildman–Crippen MR) is 108 cm³/mol. The van der Waals surface area contributed by atoms with Crippen molar-refractivity contribution in [3.8, 4) is 0 Å². The van der Waals surface area contributed by atoms with Crippen molar-refractivity contribution in [3.05, 3.63) is 77.6 Å². The van der Waals surface area contributed by atoms with Crippen molar-refractivity contribution in [2.75, 3.05) is 5.32 Å². The van der Waals surface area contributed by atoms with Crippen molar-refractivity contribution in [3.63, 3.8) is 0 Å². The number of pyridine rings is 2. The van der Waals surface area contributed by atoms with Crippen molar-refractivity contribution >= 4 is 33.4 Å². The average molecular weight is 353 g/mol. The highest BCUT2D eigenvalue weighted by atomic mass is 16.1. The molecule has 1 N–H and O–H groups in total. The molecule has 0 saturated heterocycles. The summed E-state index contributed by atoms with van der Waals surface area (Å²) in [6.45, 7) is 2.03. The molecule has 132 valence electrons. The van der Waals surface area contributed by atoms with Gasteiger partial charge in [-0.25, -0.2) is 0 Å². The van der Waals surface area contributed by atoms with Crippen molar-refractivity contribution in [1.82, 2.24) is 9.97 Å². The largest absolute Gasteiger partial charge is 0.321 e. The van der Waals surface area contributed by atoms with Crippen LogP contribution in [0.25, 0.3) is 21.8 Å². The maximum atomic E-state index is 13.2. The first-order valence-electron chi connectivity index (χ1n) is 9.26. The number of aryl methyl sites for hydroxylation is 1. The fourth-order valence-corrected chi connectivity index (χ4v) is 3.58. The van der Waals surface area contributed by atoms with Gasteiger partial charge in [-0.1, -0.05) is 24.3 Å². The van der Waals surface area contributed by atoms with Gasteiger partial charge in [-0.05, 0) is 55.7 Å². The number of hydrogen-bond acceptors (Lipinski definition) is 3. The second-order valence-electron chi connectivity index (χ2n) is 7.17. The van der Waals surface area contributed by atoms with E-state index in [0.717, 1.165) is 51.6 Å². The monoisotopic (exact) mass is 353 g/mol. The van der Waals surface area contributed by atoms with Gasteiger partial charge in [-0.3, -0.25) is 14.8 Å². The smallest absolute Gasteiger partial charge is 0.256 e. The quantitative estimate of drug-likeness (QED) is 0.549. The minimum absolute atomic E-state index is 0.107. The summed E-state index contributed by atoms with van der Waals surface area (Å²) in [6, 6.07) is 17.6. The van der Waals surface area contributed by atoms with Crippen LogP contribution in [-0.2, 0) is 0 Å². The molecule has 0 unspecified atom stereocenters. The third-order valence-corrected chi connectivity index (χ3v) is 5.20. The van der Waals surface area contributed by atoms with Crippen LogP contribution >= 0.6 is 0 Å². The van der Waals surface area contributed by atoms with E-state index in [0.29, 0.717) is 11.5 Å². The van der Waals surface area contributed by atoms with Crippen LogP contribution in [-0.4, -0.2) is 15.9 Å². The SMILES string of the molecule is Cc1ccc(NC(=O)c2cc(C3CC3)nc3ccccc23)c2cccnc12. The zero-order valence-corrected chi connectivity index (χ0v) is 15.1. The molecule has 1 aliphatic rings. The molecule has 4 heteroatoms. The van der Waals surface area contributed by atoms with Gasteiger partial charge in [0.05, 0.1) is 22.3 Å². The molecule has 4 aromatic rings. The molecule has 2 aromatic heterocycles.